The summed E-state index contributed by atoms with van der Waals surface area (Å²) in [5.41, 5.74) is 0. The van der Waals surface area contributed by atoms with Crippen LogP contribution in [0, 0.1) is 0 Å². The van der Waals surface area contributed by atoms with Crippen LogP contribution in [0.1, 0.15) is 0 Å². The summed E-state index contributed by atoms with van der Waals surface area (Å²) in [5, 5.41) is 2.67. The van der Waals surface area contributed by atoms with Crippen molar-refractivity contribution in [1.29, 1.82) is 0 Å². The molecule has 110 valence electrons. The van der Waals surface area contributed by atoms with Crippen molar-refractivity contribution in [3.05, 3.63) is 22.7 Å². The highest BCUT2D eigenvalue weighted by atomic mass is 79.9. The van der Waals surface area contributed by atoms with Crippen molar-refractivity contribution in [1.82, 2.24) is 10.2 Å². The van der Waals surface area contributed by atoms with Gasteiger partial charge in [-0.1, -0.05) is 15.9 Å². The zero-order valence-electron chi connectivity index (χ0n) is 10.3. The SMILES string of the molecule is O=C1NCCN1CCOc1ccc(Br)cc1S(=O)(=O)Cl. The van der Waals surface area contributed by atoms with Gasteiger partial charge in [0, 0.05) is 28.2 Å². The minimum Gasteiger partial charge on any atom is -0.490 e. The summed E-state index contributed by atoms with van der Waals surface area (Å²) in [4.78, 5) is 12.8. The molecule has 1 saturated heterocycles. The van der Waals surface area contributed by atoms with Crippen molar-refractivity contribution in [3.63, 3.8) is 0 Å². The average Bonchev–Trinajstić information content (AvgIpc) is 2.76. The molecule has 0 radical (unpaired) electrons. The molecule has 2 rings (SSSR count). The molecule has 0 aliphatic carbocycles. The molecule has 1 aliphatic rings. The van der Waals surface area contributed by atoms with Crippen LogP contribution in [-0.2, 0) is 9.05 Å². The molecular formula is C11H12BrClN2O4S. The largest absolute Gasteiger partial charge is 0.490 e. The van der Waals surface area contributed by atoms with E-state index in [9.17, 15) is 13.2 Å². The van der Waals surface area contributed by atoms with E-state index in [-0.39, 0.29) is 23.3 Å². The van der Waals surface area contributed by atoms with E-state index in [1.54, 1.807) is 11.0 Å². The highest BCUT2D eigenvalue weighted by Crippen LogP contribution is 2.30. The number of urea groups is 1. The number of hydrogen-bond donors (Lipinski definition) is 1. The standard InChI is InChI=1S/C11H12BrClN2O4S/c12-8-1-2-9(10(7-8)20(13,17)18)19-6-5-15-4-3-14-11(15)16/h1-2,7H,3-6H2,(H,14,16). The van der Waals surface area contributed by atoms with E-state index in [0.29, 0.717) is 24.1 Å². The monoisotopic (exact) mass is 382 g/mol. The molecule has 9 heteroatoms. The first-order valence-electron chi connectivity index (χ1n) is 5.78. The van der Waals surface area contributed by atoms with Crippen molar-refractivity contribution >= 4 is 41.7 Å². The Hall–Kier alpha value is -0.990. The number of nitrogens with zero attached hydrogens (tertiary/aromatic N) is 1. The number of carbonyl (C=O) groups excluding carboxylic acids is 1. The lowest BCUT2D eigenvalue weighted by Crippen LogP contribution is -2.31. The summed E-state index contributed by atoms with van der Waals surface area (Å²) in [5.74, 6) is 0.169. The predicted octanol–water partition coefficient (Wildman–Crippen LogP) is 1.78. The van der Waals surface area contributed by atoms with E-state index >= 15 is 0 Å². The average molecular weight is 384 g/mol. The first-order chi connectivity index (χ1) is 9.38. The van der Waals surface area contributed by atoms with Crippen LogP contribution in [0.4, 0.5) is 4.79 Å². The number of hydrogen-bond acceptors (Lipinski definition) is 4. The number of rotatable bonds is 5. The topological polar surface area (TPSA) is 75.7 Å². The molecule has 1 heterocycles. The van der Waals surface area contributed by atoms with Gasteiger partial charge in [-0.15, -0.1) is 0 Å². The third-order valence-corrected chi connectivity index (χ3v) is 4.57. The Morgan fingerprint density at radius 1 is 1.45 bits per heavy atom. The van der Waals surface area contributed by atoms with E-state index in [1.807, 2.05) is 0 Å². The fraction of sp³-hybridized carbons (Fsp3) is 0.364. The Bertz CT molecular complexity index is 623. The van der Waals surface area contributed by atoms with Gasteiger partial charge in [0.25, 0.3) is 9.05 Å². The number of nitrogens with one attached hydrogen (secondary N) is 1. The maximum absolute atomic E-state index is 11.5. The summed E-state index contributed by atoms with van der Waals surface area (Å²) in [6.45, 7) is 1.79. The molecule has 6 nitrogen and oxygen atoms in total. The lowest BCUT2D eigenvalue weighted by atomic mass is 10.3. The second kappa shape index (κ2) is 6.19. The first-order valence-corrected chi connectivity index (χ1v) is 8.88. The smallest absolute Gasteiger partial charge is 0.317 e. The predicted molar refractivity (Wildman–Crippen MR) is 77.6 cm³/mol. The van der Waals surface area contributed by atoms with Crippen LogP contribution in [0.5, 0.6) is 5.75 Å². The Balaban J connectivity index is 2.04. The minimum absolute atomic E-state index is 0.0978. The van der Waals surface area contributed by atoms with Crippen LogP contribution in [0.15, 0.2) is 27.6 Å². The van der Waals surface area contributed by atoms with Crippen LogP contribution in [0.25, 0.3) is 0 Å². The van der Waals surface area contributed by atoms with E-state index in [2.05, 4.69) is 21.2 Å². The molecule has 1 aliphatic heterocycles. The summed E-state index contributed by atoms with van der Waals surface area (Å²) in [6, 6.07) is 4.40. The molecular weight excluding hydrogens is 372 g/mol. The molecule has 0 aromatic heterocycles. The zero-order chi connectivity index (χ0) is 14.8. The fourth-order valence-corrected chi connectivity index (χ4v) is 3.29. The maximum atomic E-state index is 11.5. The third-order valence-electron chi connectivity index (χ3n) is 2.73. The molecule has 0 saturated carbocycles. The van der Waals surface area contributed by atoms with Crippen molar-refractivity contribution in [3.8, 4) is 5.75 Å². The van der Waals surface area contributed by atoms with Crippen molar-refractivity contribution in [2.75, 3.05) is 26.2 Å². The van der Waals surface area contributed by atoms with Crippen LogP contribution in [0.2, 0.25) is 0 Å². The second-order valence-electron chi connectivity index (χ2n) is 4.10. The summed E-state index contributed by atoms with van der Waals surface area (Å²) in [7, 11) is 1.47. The molecule has 1 fully saturated rings. The Labute approximate surface area is 129 Å². The van der Waals surface area contributed by atoms with Crippen LogP contribution >= 0.6 is 26.6 Å². The number of ether oxygens (including phenoxy) is 1. The molecule has 1 aromatic carbocycles. The van der Waals surface area contributed by atoms with Gasteiger partial charge in [0.1, 0.15) is 17.3 Å². The quantitative estimate of drug-likeness (QED) is 0.787. The van der Waals surface area contributed by atoms with Crippen LogP contribution in [0.3, 0.4) is 0 Å². The van der Waals surface area contributed by atoms with Gasteiger partial charge in [-0.05, 0) is 18.2 Å². The molecule has 0 bridgehead atoms. The van der Waals surface area contributed by atoms with E-state index in [0.717, 1.165) is 0 Å². The van der Waals surface area contributed by atoms with Gasteiger partial charge >= 0.3 is 6.03 Å². The minimum atomic E-state index is -3.89. The first kappa shape index (κ1) is 15.4. The Kier molecular flexibility index (Phi) is 4.77. The number of carbonyl (C=O) groups is 1. The van der Waals surface area contributed by atoms with Gasteiger partial charge < -0.3 is 15.0 Å². The Morgan fingerprint density at radius 3 is 2.80 bits per heavy atom. The number of benzene rings is 1. The van der Waals surface area contributed by atoms with Gasteiger partial charge in [0.05, 0.1) is 6.54 Å². The van der Waals surface area contributed by atoms with Crippen molar-refractivity contribution in [2.45, 2.75) is 4.90 Å². The second-order valence-corrected chi connectivity index (χ2v) is 7.55. The molecule has 1 aromatic rings. The lowest BCUT2D eigenvalue weighted by molar-refractivity contribution is 0.201. The number of amides is 2. The highest BCUT2D eigenvalue weighted by molar-refractivity contribution is 9.10. The lowest BCUT2D eigenvalue weighted by Gasteiger charge is -2.15. The molecule has 0 atom stereocenters. The normalized spacial score (nSPS) is 15.3. The maximum Gasteiger partial charge on any atom is 0.317 e. The molecule has 0 spiro atoms. The van der Waals surface area contributed by atoms with Gasteiger partial charge in [-0.2, -0.15) is 0 Å². The zero-order valence-corrected chi connectivity index (χ0v) is 13.5. The van der Waals surface area contributed by atoms with Gasteiger partial charge in [-0.3, -0.25) is 0 Å². The van der Waals surface area contributed by atoms with Crippen molar-refractivity contribution < 1.29 is 17.9 Å². The van der Waals surface area contributed by atoms with E-state index in [1.165, 1.54) is 12.1 Å². The summed E-state index contributed by atoms with van der Waals surface area (Å²) >= 11 is 3.18. The fourth-order valence-electron chi connectivity index (χ4n) is 1.78. The van der Waals surface area contributed by atoms with Crippen LogP contribution < -0.4 is 10.1 Å². The van der Waals surface area contributed by atoms with Gasteiger partial charge in [0.2, 0.25) is 0 Å². The van der Waals surface area contributed by atoms with Crippen molar-refractivity contribution in [2.24, 2.45) is 0 Å². The Morgan fingerprint density at radius 2 is 2.20 bits per heavy atom. The van der Waals surface area contributed by atoms with Gasteiger partial charge in [-0.25, -0.2) is 13.2 Å². The van der Waals surface area contributed by atoms with E-state index < -0.39 is 9.05 Å². The molecule has 0 unspecified atom stereocenters. The summed E-state index contributed by atoms with van der Waals surface area (Å²) < 4.78 is 28.9. The molecule has 20 heavy (non-hydrogen) atoms. The van der Waals surface area contributed by atoms with E-state index in [4.69, 9.17) is 15.4 Å². The highest BCUT2D eigenvalue weighted by Gasteiger charge is 2.20. The van der Waals surface area contributed by atoms with Gasteiger partial charge in [0.15, 0.2) is 0 Å². The molecule has 2 amide bonds. The third kappa shape index (κ3) is 3.77. The van der Waals surface area contributed by atoms with Crippen LogP contribution in [-0.4, -0.2) is 45.6 Å². The molecule has 1 N–H and O–H groups in total. The number of halogens is 2. The summed E-state index contributed by atoms with van der Waals surface area (Å²) in [6.07, 6.45) is 0.